The molecule has 0 aliphatic heterocycles. The SMILES string of the molecule is CCNC(C)c1ccc(OCc2ccccc2F)cc1. The molecule has 2 nitrogen and oxygen atoms in total. The number of rotatable bonds is 6. The van der Waals surface area contributed by atoms with E-state index in [2.05, 4.69) is 19.2 Å². The van der Waals surface area contributed by atoms with Crippen LogP contribution >= 0.6 is 0 Å². The molecular formula is C17H20FNO. The first-order chi connectivity index (χ1) is 9.70. The number of ether oxygens (including phenoxy) is 1. The number of halogens is 1. The van der Waals surface area contributed by atoms with E-state index in [1.807, 2.05) is 30.3 Å². The fourth-order valence-corrected chi connectivity index (χ4v) is 2.05. The van der Waals surface area contributed by atoms with E-state index in [9.17, 15) is 4.39 Å². The van der Waals surface area contributed by atoms with Crippen molar-refractivity contribution in [2.75, 3.05) is 6.54 Å². The largest absolute Gasteiger partial charge is 0.489 e. The number of benzene rings is 2. The Morgan fingerprint density at radius 1 is 1.10 bits per heavy atom. The Morgan fingerprint density at radius 3 is 2.45 bits per heavy atom. The molecule has 0 heterocycles. The minimum Gasteiger partial charge on any atom is -0.489 e. The first-order valence-electron chi connectivity index (χ1n) is 6.90. The highest BCUT2D eigenvalue weighted by Gasteiger charge is 2.05. The summed E-state index contributed by atoms with van der Waals surface area (Å²) < 4.78 is 19.1. The van der Waals surface area contributed by atoms with Crippen LogP contribution in [-0.4, -0.2) is 6.54 Å². The molecule has 0 fully saturated rings. The van der Waals surface area contributed by atoms with Crippen molar-refractivity contribution in [2.24, 2.45) is 0 Å². The van der Waals surface area contributed by atoms with E-state index < -0.39 is 0 Å². The van der Waals surface area contributed by atoms with Gasteiger partial charge in [-0.1, -0.05) is 37.3 Å². The van der Waals surface area contributed by atoms with Crippen LogP contribution < -0.4 is 10.1 Å². The Balaban J connectivity index is 1.96. The number of hydrogen-bond acceptors (Lipinski definition) is 2. The predicted octanol–water partition coefficient (Wildman–Crippen LogP) is 4.08. The van der Waals surface area contributed by atoms with Crippen molar-refractivity contribution in [1.29, 1.82) is 0 Å². The fraction of sp³-hybridized carbons (Fsp3) is 0.294. The summed E-state index contributed by atoms with van der Waals surface area (Å²) in [6.45, 7) is 5.39. The molecule has 2 aromatic rings. The average Bonchev–Trinajstić information content (AvgIpc) is 2.47. The normalized spacial score (nSPS) is 12.2. The van der Waals surface area contributed by atoms with Gasteiger partial charge in [-0.15, -0.1) is 0 Å². The second-order valence-electron chi connectivity index (χ2n) is 4.73. The van der Waals surface area contributed by atoms with E-state index in [0.717, 1.165) is 12.3 Å². The molecular weight excluding hydrogens is 253 g/mol. The van der Waals surface area contributed by atoms with Gasteiger partial charge in [0.1, 0.15) is 18.2 Å². The van der Waals surface area contributed by atoms with Gasteiger partial charge in [-0.05, 0) is 37.2 Å². The zero-order valence-electron chi connectivity index (χ0n) is 11.9. The van der Waals surface area contributed by atoms with Crippen LogP contribution in [0.3, 0.4) is 0 Å². The maximum absolute atomic E-state index is 13.5. The Hall–Kier alpha value is -1.87. The van der Waals surface area contributed by atoms with Gasteiger partial charge in [0.2, 0.25) is 0 Å². The zero-order valence-corrected chi connectivity index (χ0v) is 11.9. The van der Waals surface area contributed by atoms with Crippen molar-refractivity contribution < 1.29 is 9.13 Å². The smallest absolute Gasteiger partial charge is 0.129 e. The van der Waals surface area contributed by atoms with Crippen molar-refractivity contribution >= 4 is 0 Å². The molecule has 20 heavy (non-hydrogen) atoms. The Morgan fingerprint density at radius 2 is 1.80 bits per heavy atom. The Bertz CT molecular complexity index is 539. The molecule has 2 rings (SSSR count). The van der Waals surface area contributed by atoms with Crippen LogP contribution in [0.15, 0.2) is 48.5 Å². The molecule has 0 aliphatic carbocycles. The molecule has 0 saturated carbocycles. The molecule has 0 aromatic heterocycles. The summed E-state index contributed by atoms with van der Waals surface area (Å²) >= 11 is 0. The average molecular weight is 273 g/mol. The summed E-state index contributed by atoms with van der Waals surface area (Å²) in [5.74, 6) is 0.519. The highest BCUT2D eigenvalue weighted by atomic mass is 19.1. The lowest BCUT2D eigenvalue weighted by Gasteiger charge is -2.13. The third-order valence-electron chi connectivity index (χ3n) is 3.24. The third-order valence-corrected chi connectivity index (χ3v) is 3.24. The van der Waals surface area contributed by atoms with Crippen LogP contribution in [0.25, 0.3) is 0 Å². The third kappa shape index (κ3) is 3.81. The zero-order chi connectivity index (χ0) is 14.4. The molecule has 0 saturated heterocycles. The van der Waals surface area contributed by atoms with E-state index in [4.69, 9.17) is 4.74 Å². The molecule has 0 radical (unpaired) electrons. The summed E-state index contributed by atoms with van der Waals surface area (Å²) in [4.78, 5) is 0. The second kappa shape index (κ2) is 7.06. The van der Waals surface area contributed by atoms with Crippen molar-refractivity contribution in [2.45, 2.75) is 26.5 Å². The molecule has 106 valence electrons. The van der Waals surface area contributed by atoms with Gasteiger partial charge in [0.25, 0.3) is 0 Å². The second-order valence-corrected chi connectivity index (χ2v) is 4.73. The van der Waals surface area contributed by atoms with E-state index in [1.54, 1.807) is 12.1 Å². The molecule has 2 aromatic carbocycles. The van der Waals surface area contributed by atoms with Crippen molar-refractivity contribution in [3.63, 3.8) is 0 Å². The Kier molecular flexibility index (Phi) is 5.13. The molecule has 0 amide bonds. The lowest BCUT2D eigenvalue weighted by Crippen LogP contribution is -2.17. The van der Waals surface area contributed by atoms with Gasteiger partial charge in [-0.25, -0.2) is 4.39 Å². The van der Waals surface area contributed by atoms with Gasteiger partial charge >= 0.3 is 0 Å². The van der Waals surface area contributed by atoms with Gasteiger partial charge in [0, 0.05) is 11.6 Å². The summed E-state index contributed by atoms with van der Waals surface area (Å²) in [5.41, 5.74) is 1.78. The quantitative estimate of drug-likeness (QED) is 0.856. The molecule has 1 atom stereocenters. The lowest BCUT2D eigenvalue weighted by molar-refractivity contribution is 0.299. The van der Waals surface area contributed by atoms with Gasteiger partial charge < -0.3 is 10.1 Å². The van der Waals surface area contributed by atoms with Crippen LogP contribution in [-0.2, 0) is 6.61 Å². The maximum Gasteiger partial charge on any atom is 0.129 e. The first-order valence-corrected chi connectivity index (χ1v) is 6.90. The highest BCUT2D eigenvalue weighted by Crippen LogP contribution is 2.19. The first kappa shape index (κ1) is 14.5. The number of hydrogen-bond donors (Lipinski definition) is 1. The summed E-state index contributed by atoms with van der Waals surface area (Å²) in [7, 11) is 0. The van der Waals surface area contributed by atoms with Crippen LogP contribution in [0.1, 0.15) is 31.0 Å². The van der Waals surface area contributed by atoms with Gasteiger partial charge in [0.05, 0.1) is 0 Å². The molecule has 0 spiro atoms. The summed E-state index contributed by atoms with van der Waals surface area (Å²) in [6, 6.07) is 14.9. The lowest BCUT2D eigenvalue weighted by atomic mass is 10.1. The van der Waals surface area contributed by atoms with E-state index in [0.29, 0.717) is 11.6 Å². The Labute approximate surface area is 119 Å². The van der Waals surface area contributed by atoms with Crippen LogP contribution in [0.5, 0.6) is 5.75 Å². The van der Waals surface area contributed by atoms with Gasteiger partial charge in [-0.2, -0.15) is 0 Å². The minimum atomic E-state index is -0.232. The van der Waals surface area contributed by atoms with Crippen LogP contribution in [0, 0.1) is 5.82 Å². The standard InChI is InChI=1S/C17H20FNO/c1-3-19-13(2)14-8-10-16(11-9-14)20-12-15-6-4-5-7-17(15)18/h4-11,13,19H,3,12H2,1-2H3. The molecule has 1 N–H and O–H groups in total. The van der Waals surface area contributed by atoms with Crippen molar-refractivity contribution in [3.8, 4) is 5.75 Å². The van der Waals surface area contributed by atoms with E-state index in [-0.39, 0.29) is 12.4 Å². The molecule has 1 unspecified atom stereocenters. The molecule has 0 aliphatic rings. The summed E-state index contributed by atoms with van der Waals surface area (Å²) in [6.07, 6.45) is 0. The fourth-order valence-electron chi connectivity index (χ4n) is 2.05. The molecule has 3 heteroatoms. The highest BCUT2D eigenvalue weighted by molar-refractivity contribution is 5.29. The van der Waals surface area contributed by atoms with E-state index in [1.165, 1.54) is 11.6 Å². The topological polar surface area (TPSA) is 21.3 Å². The van der Waals surface area contributed by atoms with Crippen LogP contribution in [0.2, 0.25) is 0 Å². The van der Waals surface area contributed by atoms with Crippen LogP contribution in [0.4, 0.5) is 4.39 Å². The minimum absolute atomic E-state index is 0.232. The molecule has 0 bridgehead atoms. The van der Waals surface area contributed by atoms with Crippen molar-refractivity contribution in [1.82, 2.24) is 5.32 Å². The van der Waals surface area contributed by atoms with Crippen molar-refractivity contribution in [3.05, 3.63) is 65.5 Å². The van der Waals surface area contributed by atoms with E-state index >= 15 is 0 Å². The number of nitrogens with one attached hydrogen (secondary N) is 1. The maximum atomic E-state index is 13.5. The monoisotopic (exact) mass is 273 g/mol. The predicted molar refractivity (Wildman–Crippen MR) is 79.3 cm³/mol. The van der Waals surface area contributed by atoms with Gasteiger partial charge in [-0.3, -0.25) is 0 Å². The van der Waals surface area contributed by atoms with Gasteiger partial charge in [0.15, 0.2) is 0 Å². The summed E-state index contributed by atoms with van der Waals surface area (Å²) in [5, 5.41) is 3.36.